The zero-order valence-corrected chi connectivity index (χ0v) is 17.3. The molecule has 1 unspecified atom stereocenters. The average Bonchev–Trinajstić information content (AvgIpc) is 2.62. The molecule has 0 saturated carbocycles. The van der Waals surface area contributed by atoms with E-state index in [2.05, 4.69) is 20.3 Å². The summed E-state index contributed by atoms with van der Waals surface area (Å²) in [6.45, 7) is 8.88. The molecule has 0 radical (unpaired) electrons. The molecule has 1 atom stereocenters. The third-order valence-electron chi connectivity index (χ3n) is 3.50. The molecule has 0 aliphatic heterocycles. The quantitative estimate of drug-likeness (QED) is 0.250. The van der Waals surface area contributed by atoms with Gasteiger partial charge in [-0.3, -0.25) is 4.99 Å². The summed E-state index contributed by atoms with van der Waals surface area (Å²) in [4.78, 5) is 4.36. The first-order chi connectivity index (χ1) is 12.8. The number of aliphatic imine (C=N–C) groups is 1. The largest absolute Gasteiger partial charge is 0.491 e. The Morgan fingerprint density at radius 2 is 1.96 bits per heavy atom. The molecular formula is C18H32N4O4S. The molecule has 4 N–H and O–H groups in total. The number of nitrogens with zero attached hydrogens (tertiary/aromatic N) is 1. The summed E-state index contributed by atoms with van der Waals surface area (Å²) in [7, 11) is -3.21. The van der Waals surface area contributed by atoms with Gasteiger partial charge in [0.15, 0.2) is 5.96 Å². The first-order valence-electron chi connectivity index (χ1n) is 9.21. The normalized spacial score (nSPS) is 13.5. The number of sulfonamides is 1. The van der Waals surface area contributed by atoms with Crippen LogP contribution in [0.1, 0.15) is 39.4 Å². The lowest BCUT2D eigenvalue weighted by Gasteiger charge is -2.15. The van der Waals surface area contributed by atoms with Crippen molar-refractivity contribution < 1.29 is 18.3 Å². The fourth-order valence-electron chi connectivity index (χ4n) is 2.18. The zero-order chi connectivity index (χ0) is 20.3. The van der Waals surface area contributed by atoms with Gasteiger partial charge in [0, 0.05) is 19.6 Å². The molecule has 0 aliphatic carbocycles. The van der Waals surface area contributed by atoms with Gasteiger partial charge in [-0.25, -0.2) is 13.1 Å². The number of ether oxygens (including phenoxy) is 1. The van der Waals surface area contributed by atoms with Gasteiger partial charge in [-0.05, 0) is 45.4 Å². The predicted molar refractivity (Wildman–Crippen MR) is 109 cm³/mol. The van der Waals surface area contributed by atoms with Crippen molar-refractivity contribution in [1.29, 1.82) is 0 Å². The SMILES string of the molecule is CCNC(=NCC(O)c1cccc(OC(C)C)c1)NCCNS(=O)(=O)CC. The Morgan fingerprint density at radius 3 is 2.59 bits per heavy atom. The molecule has 0 bridgehead atoms. The molecule has 0 aliphatic rings. The number of hydrogen-bond acceptors (Lipinski definition) is 5. The maximum absolute atomic E-state index is 11.4. The molecule has 0 fully saturated rings. The van der Waals surface area contributed by atoms with Crippen LogP contribution in [0.15, 0.2) is 29.3 Å². The van der Waals surface area contributed by atoms with Gasteiger partial charge in [-0.15, -0.1) is 0 Å². The van der Waals surface area contributed by atoms with Crippen molar-refractivity contribution in [1.82, 2.24) is 15.4 Å². The molecule has 9 heteroatoms. The maximum Gasteiger partial charge on any atom is 0.211 e. The first kappa shape index (κ1) is 23.2. The summed E-state index contributed by atoms with van der Waals surface area (Å²) < 4.78 is 30.9. The second-order valence-electron chi connectivity index (χ2n) is 6.20. The number of nitrogens with one attached hydrogen (secondary N) is 3. The van der Waals surface area contributed by atoms with Gasteiger partial charge in [0.25, 0.3) is 0 Å². The van der Waals surface area contributed by atoms with Crippen LogP contribution < -0.4 is 20.1 Å². The number of aliphatic hydroxyl groups is 1. The van der Waals surface area contributed by atoms with E-state index in [0.29, 0.717) is 24.8 Å². The van der Waals surface area contributed by atoms with E-state index in [1.54, 1.807) is 13.0 Å². The molecule has 1 rings (SSSR count). The molecule has 1 aromatic rings. The van der Waals surface area contributed by atoms with E-state index in [1.165, 1.54) is 0 Å². The van der Waals surface area contributed by atoms with E-state index < -0.39 is 16.1 Å². The third kappa shape index (κ3) is 9.60. The summed E-state index contributed by atoms with van der Waals surface area (Å²) in [5, 5.41) is 16.5. The van der Waals surface area contributed by atoms with Gasteiger partial charge in [-0.2, -0.15) is 0 Å². The molecule has 8 nitrogen and oxygen atoms in total. The topological polar surface area (TPSA) is 112 Å². The minimum absolute atomic E-state index is 0.0485. The van der Waals surface area contributed by atoms with Crippen molar-refractivity contribution in [2.45, 2.75) is 39.9 Å². The van der Waals surface area contributed by atoms with E-state index in [4.69, 9.17) is 4.74 Å². The number of hydrogen-bond donors (Lipinski definition) is 4. The Hall–Kier alpha value is -1.84. The van der Waals surface area contributed by atoms with Crippen molar-refractivity contribution in [2.24, 2.45) is 4.99 Å². The number of rotatable bonds is 11. The van der Waals surface area contributed by atoms with Crippen LogP contribution in [0.2, 0.25) is 0 Å². The zero-order valence-electron chi connectivity index (χ0n) is 16.5. The van der Waals surface area contributed by atoms with Crippen molar-refractivity contribution in [2.75, 3.05) is 31.9 Å². The molecule has 0 saturated heterocycles. The molecule has 0 heterocycles. The Balaban J connectivity index is 2.60. The van der Waals surface area contributed by atoms with Gasteiger partial charge in [0.05, 0.1) is 24.5 Å². The van der Waals surface area contributed by atoms with E-state index in [0.717, 1.165) is 5.56 Å². The summed E-state index contributed by atoms with van der Waals surface area (Å²) >= 11 is 0. The van der Waals surface area contributed by atoms with Crippen molar-refractivity contribution >= 4 is 16.0 Å². The second-order valence-corrected chi connectivity index (χ2v) is 8.29. The van der Waals surface area contributed by atoms with E-state index in [1.807, 2.05) is 39.0 Å². The molecule has 27 heavy (non-hydrogen) atoms. The van der Waals surface area contributed by atoms with Crippen LogP contribution in [0.3, 0.4) is 0 Å². The Kier molecular flexibility index (Phi) is 10.1. The van der Waals surface area contributed by atoms with Gasteiger partial charge in [0.1, 0.15) is 5.75 Å². The standard InChI is InChI=1S/C18H32N4O4S/c1-5-19-18(20-10-11-22-27(24,25)6-2)21-13-17(23)15-8-7-9-16(12-15)26-14(3)4/h7-9,12,14,17,22-23H,5-6,10-11,13H2,1-4H3,(H2,19,20,21). The number of guanidine groups is 1. The summed E-state index contributed by atoms with van der Waals surface area (Å²) in [6.07, 6.45) is -0.708. The summed E-state index contributed by atoms with van der Waals surface area (Å²) in [6, 6.07) is 7.32. The van der Waals surface area contributed by atoms with Crippen LogP contribution in [-0.4, -0.2) is 57.5 Å². The maximum atomic E-state index is 11.4. The minimum atomic E-state index is -3.21. The van der Waals surface area contributed by atoms with Crippen LogP contribution in [-0.2, 0) is 10.0 Å². The fourth-order valence-corrected chi connectivity index (χ4v) is 2.80. The average molecular weight is 401 g/mol. The smallest absolute Gasteiger partial charge is 0.211 e. The highest BCUT2D eigenvalue weighted by molar-refractivity contribution is 7.89. The summed E-state index contributed by atoms with van der Waals surface area (Å²) in [5.74, 6) is 1.27. The lowest BCUT2D eigenvalue weighted by Crippen LogP contribution is -2.42. The number of aliphatic hydroxyl groups excluding tert-OH is 1. The molecule has 0 amide bonds. The highest BCUT2D eigenvalue weighted by atomic mass is 32.2. The van der Waals surface area contributed by atoms with Crippen LogP contribution in [0.4, 0.5) is 0 Å². The minimum Gasteiger partial charge on any atom is -0.491 e. The number of benzene rings is 1. The Labute approximate surface area is 162 Å². The molecule has 1 aromatic carbocycles. The van der Waals surface area contributed by atoms with E-state index >= 15 is 0 Å². The Bertz CT molecular complexity index is 692. The van der Waals surface area contributed by atoms with E-state index in [9.17, 15) is 13.5 Å². The lowest BCUT2D eigenvalue weighted by atomic mass is 10.1. The monoisotopic (exact) mass is 400 g/mol. The van der Waals surface area contributed by atoms with Crippen LogP contribution >= 0.6 is 0 Å². The predicted octanol–water partition coefficient (Wildman–Crippen LogP) is 1.00. The first-order valence-corrected chi connectivity index (χ1v) is 10.9. The van der Waals surface area contributed by atoms with Crippen LogP contribution in [0.5, 0.6) is 5.75 Å². The van der Waals surface area contributed by atoms with E-state index in [-0.39, 0.29) is 24.9 Å². The van der Waals surface area contributed by atoms with Crippen LogP contribution in [0, 0.1) is 0 Å². The highest BCUT2D eigenvalue weighted by Crippen LogP contribution is 2.20. The molecule has 0 spiro atoms. The highest BCUT2D eigenvalue weighted by Gasteiger charge is 2.10. The van der Waals surface area contributed by atoms with Crippen molar-refractivity contribution in [3.05, 3.63) is 29.8 Å². The van der Waals surface area contributed by atoms with Gasteiger partial charge >= 0.3 is 0 Å². The van der Waals surface area contributed by atoms with Gasteiger partial charge < -0.3 is 20.5 Å². The van der Waals surface area contributed by atoms with Gasteiger partial charge in [0.2, 0.25) is 10.0 Å². The Morgan fingerprint density at radius 1 is 1.22 bits per heavy atom. The fraction of sp³-hybridized carbons (Fsp3) is 0.611. The molecule has 154 valence electrons. The van der Waals surface area contributed by atoms with Gasteiger partial charge in [-0.1, -0.05) is 12.1 Å². The summed E-state index contributed by atoms with van der Waals surface area (Å²) in [5.41, 5.74) is 0.725. The molecular weight excluding hydrogens is 368 g/mol. The van der Waals surface area contributed by atoms with Crippen molar-refractivity contribution in [3.63, 3.8) is 0 Å². The second kappa shape index (κ2) is 11.8. The lowest BCUT2D eigenvalue weighted by molar-refractivity contribution is 0.185. The third-order valence-corrected chi connectivity index (χ3v) is 4.90. The molecule has 0 aromatic heterocycles. The van der Waals surface area contributed by atoms with Crippen LogP contribution in [0.25, 0.3) is 0 Å². The van der Waals surface area contributed by atoms with Crippen molar-refractivity contribution in [3.8, 4) is 5.75 Å².